The maximum atomic E-state index is 13.4. The molecule has 1 aliphatic carbocycles. The molecule has 27 heavy (non-hydrogen) atoms. The van der Waals surface area contributed by atoms with E-state index < -0.39 is 5.54 Å². The van der Waals surface area contributed by atoms with Gasteiger partial charge in [-0.15, -0.1) is 0 Å². The summed E-state index contributed by atoms with van der Waals surface area (Å²) in [7, 11) is 3.74. The fourth-order valence-corrected chi connectivity index (χ4v) is 4.00. The number of nitrogens with zero attached hydrogens (tertiary/aromatic N) is 1. The lowest BCUT2D eigenvalue weighted by Gasteiger charge is -2.38. The van der Waals surface area contributed by atoms with Gasteiger partial charge in [-0.3, -0.25) is 9.69 Å². The molecule has 1 atom stereocenters. The lowest BCUT2D eigenvalue weighted by atomic mass is 9.91. The molecule has 1 N–H and O–H groups in total. The maximum absolute atomic E-state index is 13.4. The monoisotopic (exact) mass is 366 g/mol. The Bertz CT molecular complexity index is 735. The van der Waals surface area contributed by atoms with Gasteiger partial charge in [-0.25, -0.2) is 0 Å². The minimum Gasteiger partial charge on any atom is -0.383 e. The van der Waals surface area contributed by atoms with Gasteiger partial charge < -0.3 is 10.1 Å². The molecule has 1 unspecified atom stereocenters. The van der Waals surface area contributed by atoms with E-state index in [2.05, 4.69) is 65.8 Å². The van der Waals surface area contributed by atoms with Crippen molar-refractivity contribution in [2.24, 2.45) is 0 Å². The molecule has 1 aliphatic rings. The predicted molar refractivity (Wildman–Crippen MR) is 109 cm³/mol. The van der Waals surface area contributed by atoms with Gasteiger partial charge in [0.25, 0.3) is 0 Å². The molecule has 0 spiro atoms. The highest BCUT2D eigenvalue weighted by Crippen LogP contribution is 2.34. The third-order valence-corrected chi connectivity index (χ3v) is 5.61. The normalized spacial score (nSPS) is 16.1. The Hall–Kier alpha value is -2.17. The van der Waals surface area contributed by atoms with E-state index in [1.165, 1.54) is 16.7 Å². The number of amides is 1. The quantitative estimate of drug-likeness (QED) is 0.781. The molecule has 0 aliphatic heterocycles. The number of hydrogen-bond acceptors (Lipinski definition) is 3. The maximum Gasteiger partial charge on any atom is 0.241 e. The molecule has 0 radical (unpaired) electrons. The Labute approximate surface area is 162 Å². The summed E-state index contributed by atoms with van der Waals surface area (Å²) in [5.41, 5.74) is 3.31. The SMILES string of the molecule is COCC(C)NC(=O)C1(N(C)CCc2ccccc2)Cc2ccccc2C1. The summed E-state index contributed by atoms with van der Waals surface area (Å²) >= 11 is 0. The first-order valence-corrected chi connectivity index (χ1v) is 9.67. The molecule has 2 aromatic rings. The van der Waals surface area contributed by atoms with Gasteiger partial charge in [-0.2, -0.15) is 0 Å². The van der Waals surface area contributed by atoms with E-state index in [1.807, 2.05) is 13.0 Å². The van der Waals surface area contributed by atoms with Crippen LogP contribution in [0.15, 0.2) is 54.6 Å². The molecule has 4 nitrogen and oxygen atoms in total. The summed E-state index contributed by atoms with van der Waals surface area (Å²) < 4.78 is 5.20. The zero-order chi connectivity index (χ0) is 19.3. The highest BCUT2D eigenvalue weighted by molar-refractivity contribution is 5.88. The van der Waals surface area contributed by atoms with Gasteiger partial charge in [-0.05, 0) is 37.1 Å². The van der Waals surface area contributed by atoms with Crippen LogP contribution in [0.1, 0.15) is 23.6 Å². The number of nitrogens with one attached hydrogen (secondary N) is 1. The van der Waals surface area contributed by atoms with Gasteiger partial charge >= 0.3 is 0 Å². The van der Waals surface area contributed by atoms with Crippen LogP contribution in [0.4, 0.5) is 0 Å². The van der Waals surface area contributed by atoms with Crippen molar-refractivity contribution in [3.8, 4) is 0 Å². The summed E-state index contributed by atoms with van der Waals surface area (Å²) in [6, 6.07) is 18.9. The van der Waals surface area contributed by atoms with E-state index in [9.17, 15) is 4.79 Å². The highest BCUT2D eigenvalue weighted by atomic mass is 16.5. The molecule has 0 bridgehead atoms. The molecule has 0 fully saturated rings. The van der Waals surface area contributed by atoms with Crippen LogP contribution in [0, 0.1) is 0 Å². The molecular weight excluding hydrogens is 336 g/mol. The lowest BCUT2D eigenvalue weighted by Crippen LogP contribution is -2.60. The summed E-state index contributed by atoms with van der Waals surface area (Å²) in [6.45, 7) is 3.34. The van der Waals surface area contributed by atoms with Crippen LogP contribution in [0.5, 0.6) is 0 Å². The first kappa shape index (κ1) is 19.6. The smallest absolute Gasteiger partial charge is 0.241 e. The van der Waals surface area contributed by atoms with E-state index in [4.69, 9.17) is 4.74 Å². The van der Waals surface area contributed by atoms with Crippen LogP contribution in [0.3, 0.4) is 0 Å². The highest BCUT2D eigenvalue weighted by Gasteiger charge is 2.47. The van der Waals surface area contributed by atoms with Crippen molar-refractivity contribution in [3.05, 3.63) is 71.3 Å². The molecular formula is C23H30N2O2. The molecule has 3 rings (SSSR count). The molecule has 0 saturated carbocycles. The number of hydrogen-bond donors (Lipinski definition) is 1. The van der Waals surface area contributed by atoms with Gasteiger partial charge in [0.05, 0.1) is 6.61 Å². The molecule has 4 heteroatoms. The topological polar surface area (TPSA) is 41.6 Å². The van der Waals surface area contributed by atoms with Gasteiger partial charge in [0, 0.05) is 32.5 Å². The average Bonchev–Trinajstić information content (AvgIpc) is 3.08. The van der Waals surface area contributed by atoms with Crippen molar-refractivity contribution < 1.29 is 9.53 Å². The van der Waals surface area contributed by atoms with Crippen molar-refractivity contribution >= 4 is 5.91 Å². The van der Waals surface area contributed by atoms with Gasteiger partial charge in [0.15, 0.2) is 0 Å². The van der Waals surface area contributed by atoms with Gasteiger partial charge in [0.2, 0.25) is 5.91 Å². The third kappa shape index (κ3) is 4.40. The minimum absolute atomic E-state index is 0.00869. The van der Waals surface area contributed by atoms with E-state index in [1.54, 1.807) is 7.11 Å². The van der Waals surface area contributed by atoms with Crippen LogP contribution in [-0.4, -0.2) is 49.7 Å². The molecule has 2 aromatic carbocycles. The fraction of sp³-hybridized carbons (Fsp3) is 0.435. The van der Waals surface area contributed by atoms with Crippen molar-refractivity contribution in [1.29, 1.82) is 0 Å². The van der Waals surface area contributed by atoms with Crippen LogP contribution in [0.2, 0.25) is 0 Å². The number of fused-ring (bicyclic) bond motifs is 1. The number of likely N-dealkylation sites (N-methyl/N-ethyl adjacent to an activating group) is 1. The summed E-state index contributed by atoms with van der Waals surface area (Å²) in [6.07, 6.45) is 2.43. The van der Waals surface area contributed by atoms with E-state index in [-0.39, 0.29) is 11.9 Å². The largest absolute Gasteiger partial charge is 0.383 e. The summed E-state index contributed by atoms with van der Waals surface area (Å²) in [5.74, 6) is 0.0961. The van der Waals surface area contributed by atoms with E-state index in [0.717, 1.165) is 25.8 Å². The average molecular weight is 367 g/mol. The molecule has 0 saturated heterocycles. The zero-order valence-corrected chi connectivity index (χ0v) is 16.6. The van der Waals surface area contributed by atoms with Crippen LogP contribution in [-0.2, 0) is 28.8 Å². The zero-order valence-electron chi connectivity index (χ0n) is 16.6. The Balaban J connectivity index is 1.79. The summed E-state index contributed by atoms with van der Waals surface area (Å²) in [5, 5.41) is 3.17. The number of carbonyl (C=O) groups is 1. The Morgan fingerprint density at radius 1 is 1.11 bits per heavy atom. The Morgan fingerprint density at radius 2 is 1.70 bits per heavy atom. The second-order valence-corrected chi connectivity index (χ2v) is 7.64. The van der Waals surface area contributed by atoms with Gasteiger partial charge in [0.1, 0.15) is 5.54 Å². The lowest BCUT2D eigenvalue weighted by molar-refractivity contribution is -0.133. The van der Waals surface area contributed by atoms with Crippen molar-refractivity contribution in [2.45, 2.75) is 37.8 Å². The molecule has 0 aromatic heterocycles. The number of ether oxygens (including phenoxy) is 1. The second-order valence-electron chi connectivity index (χ2n) is 7.64. The van der Waals surface area contributed by atoms with Crippen molar-refractivity contribution in [2.75, 3.05) is 27.3 Å². The first-order chi connectivity index (χ1) is 13.0. The number of carbonyl (C=O) groups excluding carboxylic acids is 1. The molecule has 1 amide bonds. The summed E-state index contributed by atoms with van der Waals surface area (Å²) in [4.78, 5) is 15.6. The van der Waals surface area contributed by atoms with Crippen molar-refractivity contribution in [1.82, 2.24) is 10.2 Å². The fourth-order valence-electron chi connectivity index (χ4n) is 4.00. The second kappa shape index (κ2) is 8.68. The third-order valence-electron chi connectivity index (χ3n) is 5.61. The van der Waals surface area contributed by atoms with E-state index in [0.29, 0.717) is 6.61 Å². The molecule has 144 valence electrons. The Morgan fingerprint density at radius 3 is 2.30 bits per heavy atom. The number of rotatable bonds is 8. The van der Waals surface area contributed by atoms with Crippen LogP contribution < -0.4 is 5.32 Å². The number of methoxy groups -OCH3 is 1. The van der Waals surface area contributed by atoms with Crippen LogP contribution in [0.25, 0.3) is 0 Å². The van der Waals surface area contributed by atoms with Gasteiger partial charge in [-0.1, -0.05) is 54.6 Å². The number of benzene rings is 2. The Kier molecular flexibility index (Phi) is 6.30. The predicted octanol–water partition coefficient (Wildman–Crippen LogP) is 2.85. The first-order valence-electron chi connectivity index (χ1n) is 9.67. The van der Waals surface area contributed by atoms with Crippen LogP contribution >= 0.6 is 0 Å². The molecule has 0 heterocycles. The minimum atomic E-state index is -0.541. The standard InChI is InChI=1S/C23H30N2O2/c1-18(17-27-3)24-22(26)23(15-20-11-7-8-12-21(20)16-23)25(2)14-13-19-9-5-4-6-10-19/h4-12,18H,13-17H2,1-3H3,(H,24,26). The van der Waals surface area contributed by atoms with Crippen molar-refractivity contribution in [3.63, 3.8) is 0 Å². The van der Waals surface area contributed by atoms with E-state index >= 15 is 0 Å².